The van der Waals surface area contributed by atoms with Gasteiger partial charge in [-0.3, -0.25) is 9.59 Å². The van der Waals surface area contributed by atoms with E-state index in [0.717, 1.165) is 40.6 Å². The lowest BCUT2D eigenvalue weighted by Crippen LogP contribution is -2.30. The Bertz CT molecular complexity index is 1740. The molecule has 1 atom stereocenters. The summed E-state index contributed by atoms with van der Waals surface area (Å²) in [6.07, 6.45) is 6.99. The number of hydrogen-bond acceptors (Lipinski definition) is 6. The molecule has 5 aromatic rings. The summed E-state index contributed by atoms with van der Waals surface area (Å²) < 4.78 is 3.70. The summed E-state index contributed by atoms with van der Waals surface area (Å²) in [5.74, 6) is 0.243. The summed E-state index contributed by atoms with van der Waals surface area (Å²) in [6.45, 7) is 2.12. The fraction of sp³-hybridized carbons (Fsp3) is 0.226. The normalized spacial score (nSPS) is 17.4. The highest BCUT2D eigenvalue weighted by molar-refractivity contribution is 6.04. The molecule has 0 unspecified atom stereocenters. The van der Waals surface area contributed by atoms with Crippen LogP contribution in [0.2, 0.25) is 0 Å². The minimum atomic E-state index is -0.468. The first-order chi connectivity index (χ1) is 19.4. The van der Waals surface area contributed by atoms with Crippen LogP contribution < -0.4 is 16.6 Å². The number of pyridine rings is 1. The van der Waals surface area contributed by atoms with Crippen molar-refractivity contribution in [3.8, 4) is 11.1 Å². The van der Waals surface area contributed by atoms with Crippen LogP contribution in [0, 0.1) is 5.92 Å². The van der Waals surface area contributed by atoms with Gasteiger partial charge in [0.15, 0.2) is 0 Å². The molecule has 40 heavy (non-hydrogen) atoms. The molecule has 3 heterocycles. The summed E-state index contributed by atoms with van der Waals surface area (Å²) >= 11 is 0. The molecule has 4 N–H and O–H groups in total. The molecule has 6 rings (SSSR count). The van der Waals surface area contributed by atoms with Crippen LogP contribution in [0.5, 0.6) is 0 Å². The minimum absolute atomic E-state index is 0.0732. The molecule has 3 aromatic heterocycles. The zero-order valence-corrected chi connectivity index (χ0v) is 22.1. The highest BCUT2D eigenvalue weighted by atomic mass is 16.3. The molecule has 1 aliphatic carbocycles. The van der Waals surface area contributed by atoms with E-state index in [0.29, 0.717) is 17.4 Å². The molecule has 2 aromatic carbocycles. The summed E-state index contributed by atoms with van der Waals surface area (Å²) in [7, 11) is 0. The molecule has 1 aliphatic rings. The van der Waals surface area contributed by atoms with Gasteiger partial charge in [-0.05, 0) is 61.1 Å². The van der Waals surface area contributed by atoms with E-state index in [9.17, 15) is 14.7 Å². The highest BCUT2D eigenvalue weighted by Crippen LogP contribution is 2.42. The zero-order valence-electron chi connectivity index (χ0n) is 22.1. The Morgan fingerprint density at radius 2 is 1.82 bits per heavy atom. The third-order valence-corrected chi connectivity index (χ3v) is 7.87. The Morgan fingerprint density at radius 3 is 2.55 bits per heavy atom. The standard InChI is InChI=1S/C31H30N6O3/c1-19(21-6-3-2-4-7-21)36-13-5-8-25(31(36)40)30(39)35-23-11-9-22(10-12-23)26-16-37(24-14-20(15-24)17-38)29-27(26)28(32)33-18-34-29/h2-13,16,18-20,24,38H,14-15,17H2,1H3,(H,35,39)(H2,32,33,34)/t19-,20-,24+/m0/s1. The maximum atomic E-state index is 13.2. The Balaban J connectivity index is 1.25. The van der Waals surface area contributed by atoms with Crippen molar-refractivity contribution in [2.75, 3.05) is 17.7 Å². The predicted octanol–water partition coefficient (Wildman–Crippen LogP) is 4.65. The van der Waals surface area contributed by atoms with Crippen LogP contribution in [-0.4, -0.2) is 36.7 Å². The second-order valence-electron chi connectivity index (χ2n) is 10.3. The van der Waals surface area contributed by atoms with Crippen molar-refractivity contribution in [1.82, 2.24) is 19.1 Å². The summed E-state index contributed by atoms with van der Waals surface area (Å²) in [5, 5.41) is 13.1. The average molecular weight is 535 g/mol. The SMILES string of the molecule is C[C@@H](c1ccccc1)n1cccc(C(=O)Nc2ccc(-c3cn([C@H]4C[C@@H](CO)C4)c4ncnc(N)c34)cc2)c1=O. The molecule has 1 fully saturated rings. The number of aliphatic hydroxyl groups excluding tert-OH is 1. The molecule has 0 saturated heterocycles. The molecule has 1 saturated carbocycles. The van der Waals surface area contributed by atoms with Gasteiger partial charge < -0.3 is 25.3 Å². The van der Waals surface area contributed by atoms with Crippen molar-refractivity contribution in [3.05, 3.63) is 107 Å². The maximum absolute atomic E-state index is 13.2. The number of anilines is 2. The van der Waals surface area contributed by atoms with Gasteiger partial charge in [0, 0.05) is 36.3 Å². The number of carbonyl (C=O) groups is 1. The van der Waals surface area contributed by atoms with E-state index in [4.69, 9.17) is 5.73 Å². The molecule has 9 heteroatoms. The third kappa shape index (κ3) is 4.54. The Labute approximate surface area is 230 Å². The maximum Gasteiger partial charge on any atom is 0.263 e. The van der Waals surface area contributed by atoms with E-state index in [1.54, 1.807) is 35.0 Å². The van der Waals surface area contributed by atoms with E-state index in [1.165, 1.54) is 6.33 Å². The predicted molar refractivity (Wildman–Crippen MR) is 155 cm³/mol. The first-order valence-corrected chi connectivity index (χ1v) is 13.3. The number of aromatic nitrogens is 4. The van der Waals surface area contributed by atoms with E-state index >= 15 is 0 Å². The lowest BCUT2D eigenvalue weighted by atomic mass is 9.81. The van der Waals surface area contributed by atoms with Crippen molar-refractivity contribution in [1.29, 1.82) is 0 Å². The summed E-state index contributed by atoms with van der Waals surface area (Å²) in [6, 6.07) is 20.4. The number of nitrogens with two attached hydrogens (primary N) is 1. The lowest BCUT2D eigenvalue weighted by molar-refractivity contribution is 0.102. The van der Waals surface area contributed by atoms with Gasteiger partial charge in [0.25, 0.3) is 11.5 Å². The number of nitrogens with one attached hydrogen (secondary N) is 1. The molecule has 0 bridgehead atoms. The van der Waals surface area contributed by atoms with Crippen molar-refractivity contribution < 1.29 is 9.90 Å². The summed E-state index contributed by atoms with van der Waals surface area (Å²) in [4.78, 5) is 35.0. The quantitative estimate of drug-likeness (QED) is 0.279. The Morgan fingerprint density at radius 1 is 1.07 bits per heavy atom. The Kier molecular flexibility index (Phi) is 6.65. The Hall–Kier alpha value is -4.76. The number of benzene rings is 2. The van der Waals surface area contributed by atoms with Gasteiger partial charge in [0.1, 0.15) is 23.4 Å². The van der Waals surface area contributed by atoms with Crippen LogP contribution in [-0.2, 0) is 0 Å². The van der Waals surface area contributed by atoms with E-state index < -0.39 is 5.91 Å². The van der Waals surface area contributed by atoms with Crippen LogP contribution >= 0.6 is 0 Å². The van der Waals surface area contributed by atoms with E-state index in [1.807, 2.05) is 55.6 Å². The number of carbonyl (C=O) groups excluding carboxylic acids is 1. The van der Waals surface area contributed by atoms with Gasteiger partial charge in [-0.25, -0.2) is 9.97 Å². The molecule has 9 nitrogen and oxygen atoms in total. The number of nitrogen functional groups attached to an aromatic ring is 1. The monoisotopic (exact) mass is 534 g/mol. The average Bonchev–Trinajstić information content (AvgIpc) is 3.33. The van der Waals surface area contributed by atoms with Crippen LogP contribution in [0.25, 0.3) is 22.2 Å². The smallest absolute Gasteiger partial charge is 0.263 e. The zero-order chi connectivity index (χ0) is 27.8. The molecule has 0 aliphatic heterocycles. The number of amides is 1. The third-order valence-electron chi connectivity index (χ3n) is 7.87. The topological polar surface area (TPSA) is 128 Å². The number of aliphatic hydroxyl groups is 1. The van der Waals surface area contributed by atoms with Crippen LogP contribution in [0.15, 0.2) is 90.2 Å². The minimum Gasteiger partial charge on any atom is -0.396 e. The summed E-state index contributed by atoms with van der Waals surface area (Å²) in [5.41, 5.74) is 10.1. The first kappa shape index (κ1) is 25.5. The fourth-order valence-electron chi connectivity index (χ4n) is 5.49. The van der Waals surface area contributed by atoms with Gasteiger partial charge in [-0.15, -0.1) is 0 Å². The highest BCUT2D eigenvalue weighted by Gasteiger charge is 2.32. The van der Waals surface area contributed by atoms with Crippen LogP contribution in [0.1, 0.15) is 47.8 Å². The molecule has 202 valence electrons. The van der Waals surface area contributed by atoms with Crippen molar-refractivity contribution in [3.63, 3.8) is 0 Å². The van der Waals surface area contributed by atoms with Crippen LogP contribution in [0.3, 0.4) is 0 Å². The molecular formula is C31H30N6O3. The van der Waals surface area contributed by atoms with Gasteiger partial charge in [-0.1, -0.05) is 42.5 Å². The first-order valence-electron chi connectivity index (χ1n) is 13.3. The van der Waals surface area contributed by atoms with E-state index in [2.05, 4.69) is 19.9 Å². The number of hydrogen-bond donors (Lipinski definition) is 3. The lowest BCUT2D eigenvalue weighted by Gasteiger charge is -2.35. The van der Waals surface area contributed by atoms with Gasteiger partial charge in [0.2, 0.25) is 0 Å². The van der Waals surface area contributed by atoms with Crippen molar-refractivity contribution >= 4 is 28.4 Å². The van der Waals surface area contributed by atoms with Gasteiger partial charge >= 0.3 is 0 Å². The fourth-order valence-corrected chi connectivity index (χ4v) is 5.49. The van der Waals surface area contributed by atoms with Crippen LogP contribution in [0.4, 0.5) is 11.5 Å². The second kappa shape index (κ2) is 10.4. The van der Waals surface area contributed by atoms with Gasteiger partial charge in [-0.2, -0.15) is 0 Å². The number of fused-ring (bicyclic) bond motifs is 1. The molecular weight excluding hydrogens is 504 g/mol. The second-order valence-corrected chi connectivity index (χ2v) is 10.3. The van der Waals surface area contributed by atoms with E-state index in [-0.39, 0.29) is 29.8 Å². The number of rotatable bonds is 7. The largest absolute Gasteiger partial charge is 0.396 e. The molecule has 0 radical (unpaired) electrons. The molecule has 1 amide bonds. The number of nitrogens with zero attached hydrogens (tertiary/aromatic N) is 4. The van der Waals surface area contributed by atoms with Gasteiger partial charge in [0.05, 0.1) is 11.4 Å². The van der Waals surface area contributed by atoms with Crippen molar-refractivity contribution in [2.24, 2.45) is 5.92 Å². The van der Waals surface area contributed by atoms with Crippen molar-refractivity contribution in [2.45, 2.75) is 31.8 Å². The molecule has 0 spiro atoms.